The lowest BCUT2D eigenvalue weighted by molar-refractivity contribution is -0.116. The Hall–Kier alpha value is -2.21. The van der Waals surface area contributed by atoms with E-state index in [0.717, 1.165) is 22.5 Å². The molecule has 0 unspecified atom stereocenters. The molecule has 2 aromatic rings. The van der Waals surface area contributed by atoms with Crippen LogP contribution in [0.5, 0.6) is 0 Å². The Balaban J connectivity index is 2.27. The van der Waals surface area contributed by atoms with Gasteiger partial charge >= 0.3 is 0 Å². The summed E-state index contributed by atoms with van der Waals surface area (Å²) in [5.41, 5.74) is 5.53. The van der Waals surface area contributed by atoms with Crippen molar-refractivity contribution in [3.63, 3.8) is 0 Å². The Morgan fingerprint density at radius 3 is 2.83 bits per heavy atom. The Morgan fingerprint density at radius 1 is 1.52 bits per heavy atom. The van der Waals surface area contributed by atoms with Crippen molar-refractivity contribution in [3.05, 3.63) is 45.4 Å². The summed E-state index contributed by atoms with van der Waals surface area (Å²) in [6.07, 6.45) is 5.10. The first kappa shape index (κ1) is 17.1. The lowest BCUT2D eigenvalue weighted by atomic mass is 10.2. The number of hydroxylamine groups is 2. The third kappa shape index (κ3) is 4.16. The molecule has 1 aromatic carbocycles. The van der Waals surface area contributed by atoms with Crippen molar-refractivity contribution in [2.75, 3.05) is 12.3 Å². The van der Waals surface area contributed by atoms with E-state index in [1.807, 2.05) is 0 Å². The standard InChI is InChI=1S/C14H10ClF2N3O2S/c1-2-5-22-20(7-8-3-4-9(16)6-10(8)17)13(21)11-12(15)19-14(18)23-11/h1,3-4,6H,5,7H2,(H2,18,19). The lowest BCUT2D eigenvalue weighted by Crippen LogP contribution is -2.31. The molecule has 0 atom stereocenters. The van der Waals surface area contributed by atoms with E-state index in [4.69, 9.17) is 28.6 Å². The number of nitrogens with two attached hydrogens (primary N) is 1. The average Bonchev–Trinajstić information content (AvgIpc) is 2.83. The van der Waals surface area contributed by atoms with Gasteiger partial charge in [0.05, 0.1) is 6.54 Å². The normalized spacial score (nSPS) is 10.3. The van der Waals surface area contributed by atoms with Crippen LogP contribution in [-0.2, 0) is 11.4 Å². The van der Waals surface area contributed by atoms with Crippen molar-refractivity contribution in [1.82, 2.24) is 10.0 Å². The predicted molar refractivity (Wildman–Crippen MR) is 82.6 cm³/mol. The van der Waals surface area contributed by atoms with Crippen LogP contribution >= 0.6 is 22.9 Å². The summed E-state index contributed by atoms with van der Waals surface area (Å²) in [4.78, 5) is 21.3. The van der Waals surface area contributed by atoms with Gasteiger partial charge in [0, 0.05) is 11.6 Å². The molecule has 0 bridgehead atoms. The van der Waals surface area contributed by atoms with Gasteiger partial charge in [-0.25, -0.2) is 18.8 Å². The number of rotatable bonds is 5. The Bertz CT molecular complexity index is 776. The monoisotopic (exact) mass is 357 g/mol. The van der Waals surface area contributed by atoms with Crippen LogP contribution in [0, 0.1) is 24.0 Å². The number of nitrogen functional groups attached to an aromatic ring is 1. The minimum atomic E-state index is -0.818. The summed E-state index contributed by atoms with van der Waals surface area (Å²) in [6.45, 7) is -0.513. The molecule has 0 saturated carbocycles. The fourth-order valence-electron chi connectivity index (χ4n) is 1.66. The topological polar surface area (TPSA) is 68.5 Å². The Morgan fingerprint density at radius 2 is 2.26 bits per heavy atom. The van der Waals surface area contributed by atoms with Crippen molar-refractivity contribution in [3.8, 4) is 12.3 Å². The summed E-state index contributed by atoms with van der Waals surface area (Å²) in [7, 11) is 0. The molecule has 9 heteroatoms. The van der Waals surface area contributed by atoms with Crippen LogP contribution in [0.3, 0.4) is 0 Å². The van der Waals surface area contributed by atoms with Crippen molar-refractivity contribution in [2.45, 2.75) is 6.54 Å². The van der Waals surface area contributed by atoms with Gasteiger partial charge in [-0.2, -0.15) is 0 Å². The second-order valence-corrected chi connectivity index (χ2v) is 5.62. The minimum absolute atomic E-state index is 0.0312. The molecule has 0 aliphatic rings. The summed E-state index contributed by atoms with van der Waals surface area (Å²) in [6, 6.07) is 2.98. The molecular formula is C14H10ClF2N3O2S. The maximum atomic E-state index is 13.8. The number of hydrogen-bond donors (Lipinski definition) is 1. The van der Waals surface area contributed by atoms with Crippen molar-refractivity contribution >= 4 is 34.0 Å². The molecule has 1 heterocycles. The smallest absolute Gasteiger partial charge is 0.291 e. The van der Waals surface area contributed by atoms with E-state index >= 15 is 0 Å². The highest BCUT2D eigenvalue weighted by Crippen LogP contribution is 2.27. The third-order valence-electron chi connectivity index (χ3n) is 2.66. The van der Waals surface area contributed by atoms with Gasteiger partial charge in [0.25, 0.3) is 5.91 Å². The van der Waals surface area contributed by atoms with Crippen LogP contribution in [0.25, 0.3) is 0 Å². The number of benzene rings is 1. The molecular weight excluding hydrogens is 348 g/mol. The molecule has 0 spiro atoms. The van der Waals surface area contributed by atoms with Crippen molar-refractivity contribution in [2.24, 2.45) is 0 Å². The quantitative estimate of drug-likeness (QED) is 0.660. The zero-order valence-corrected chi connectivity index (χ0v) is 13.1. The second-order valence-electron chi connectivity index (χ2n) is 4.23. The second kappa shape index (κ2) is 7.37. The van der Waals surface area contributed by atoms with E-state index in [2.05, 4.69) is 10.9 Å². The lowest BCUT2D eigenvalue weighted by Gasteiger charge is -2.20. The molecule has 0 radical (unpaired) electrons. The summed E-state index contributed by atoms with van der Waals surface area (Å²) in [5, 5.41) is 0.837. The highest BCUT2D eigenvalue weighted by Gasteiger charge is 2.24. The van der Waals surface area contributed by atoms with E-state index in [9.17, 15) is 13.6 Å². The number of anilines is 1. The molecule has 23 heavy (non-hydrogen) atoms. The molecule has 0 fully saturated rings. The highest BCUT2D eigenvalue weighted by molar-refractivity contribution is 7.17. The van der Waals surface area contributed by atoms with E-state index in [0.29, 0.717) is 6.07 Å². The third-order valence-corrected chi connectivity index (χ3v) is 3.91. The van der Waals surface area contributed by atoms with Gasteiger partial charge in [-0.05, 0) is 6.07 Å². The van der Waals surface area contributed by atoms with Gasteiger partial charge in [-0.15, -0.1) is 6.42 Å². The van der Waals surface area contributed by atoms with Crippen LogP contribution in [-0.4, -0.2) is 22.6 Å². The first-order valence-corrected chi connectivity index (χ1v) is 7.35. The number of halogens is 3. The molecule has 1 amide bonds. The zero-order chi connectivity index (χ0) is 17.0. The average molecular weight is 358 g/mol. The van der Waals surface area contributed by atoms with Crippen LogP contribution in [0.4, 0.5) is 13.9 Å². The number of aromatic nitrogens is 1. The number of amides is 1. The fraction of sp³-hybridized carbons (Fsp3) is 0.143. The van der Waals surface area contributed by atoms with Crippen molar-refractivity contribution < 1.29 is 18.4 Å². The highest BCUT2D eigenvalue weighted by atomic mass is 35.5. The number of terminal acetylenes is 1. The van der Waals surface area contributed by atoms with E-state index in [1.54, 1.807) is 0 Å². The number of carbonyl (C=O) groups excluding carboxylic acids is 1. The van der Waals surface area contributed by atoms with Gasteiger partial charge in [0.15, 0.2) is 10.3 Å². The van der Waals surface area contributed by atoms with Gasteiger partial charge in [0.1, 0.15) is 23.1 Å². The molecule has 120 valence electrons. The van der Waals surface area contributed by atoms with Crippen LogP contribution in [0.1, 0.15) is 15.2 Å². The van der Waals surface area contributed by atoms with E-state index in [1.165, 1.54) is 6.07 Å². The van der Waals surface area contributed by atoms with Crippen LogP contribution < -0.4 is 5.73 Å². The SMILES string of the molecule is C#CCON(Cc1ccc(F)cc1F)C(=O)c1sc(N)nc1Cl. The van der Waals surface area contributed by atoms with Gasteiger partial charge in [-0.1, -0.05) is 34.9 Å². The molecule has 2 rings (SSSR count). The maximum Gasteiger partial charge on any atom is 0.291 e. The molecule has 1 aromatic heterocycles. The summed E-state index contributed by atoms with van der Waals surface area (Å²) in [5.74, 6) is -0.0308. The fourth-order valence-corrected chi connectivity index (χ4v) is 2.66. The first-order valence-electron chi connectivity index (χ1n) is 6.16. The maximum absolute atomic E-state index is 13.8. The number of nitrogens with zero attached hydrogens (tertiary/aromatic N) is 2. The molecule has 0 aliphatic carbocycles. The summed E-state index contributed by atoms with van der Waals surface area (Å²) >= 11 is 6.68. The van der Waals surface area contributed by atoms with Gasteiger partial charge in [-0.3, -0.25) is 9.63 Å². The van der Waals surface area contributed by atoms with Crippen molar-refractivity contribution in [1.29, 1.82) is 0 Å². The predicted octanol–water partition coefficient (Wildman–Crippen LogP) is 2.86. The van der Waals surface area contributed by atoms with E-state index in [-0.39, 0.29) is 33.9 Å². The Labute approximate surface area is 139 Å². The first-order chi connectivity index (χ1) is 10.9. The molecule has 2 N–H and O–H groups in total. The summed E-state index contributed by atoms with van der Waals surface area (Å²) < 4.78 is 26.7. The zero-order valence-electron chi connectivity index (χ0n) is 11.6. The largest absolute Gasteiger partial charge is 0.375 e. The van der Waals surface area contributed by atoms with E-state index < -0.39 is 17.5 Å². The Kier molecular flexibility index (Phi) is 5.50. The van der Waals surface area contributed by atoms with Crippen LogP contribution in [0.15, 0.2) is 18.2 Å². The molecule has 0 saturated heterocycles. The molecule has 5 nitrogen and oxygen atoms in total. The van der Waals surface area contributed by atoms with Gasteiger partial charge < -0.3 is 5.73 Å². The number of hydrogen-bond acceptors (Lipinski definition) is 5. The van der Waals surface area contributed by atoms with Gasteiger partial charge in [0.2, 0.25) is 0 Å². The minimum Gasteiger partial charge on any atom is -0.375 e. The molecule has 0 aliphatic heterocycles. The number of thiazole rings is 1. The number of carbonyl (C=O) groups is 1. The van der Waals surface area contributed by atoms with Crippen LogP contribution in [0.2, 0.25) is 5.15 Å².